The number of nitrogens with one attached hydrogen (secondary N) is 1. The van der Waals surface area contributed by atoms with Crippen LogP contribution in [-0.4, -0.2) is 45.2 Å². The number of hydrogen-bond acceptors (Lipinski definition) is 3. The van der Waals surface area contributed by atoms with Crippen LogP contribution in [0.2, 0.25) is 0 Å². The molecular weight excluding hydrogens is 453 g/mol. The van der Waals surface area contributed by atoms with E-state index in [0.29, 0.717) is 0 Å². The van der Waals surface area contributed by atoms with Crippen LogP contribution in [0.15, 0.2) is 47.5 Å². The predicted octanol–water partition coefficient (Wildman–Crippen LogP) is 3.50. The van der Waals surface area contributed by atoms with Gasteiger partial charge in [0.25, 0.3) is 0 Å². The Balaban J connectivity index is 0.00000261. The summed E-state index contributed by atoms with van der Waals surface area (Å²) in [6.45, 7) is 2.67. The third-order valence-electron chi connectivity index (χ3n) is 4.81. The van der Waals surface area contributed by atoms with E-state index < -0.39 is 0 Å². The summed E-state index contributed by atoms with van der Waals surface area (Å²) in [5.74, 6) is 2.67. The first kappa shape index (κ1) is 21.3. The van der Waals surface area contributed by atoms with Gasteiger partial charge in [-0.15, -0.1) is 24.0 Å². The number of rotatable bonds is 5. The lowest BCUT2D eigenvalue weighted by Gasteiger charge is -2.31. The van der Waals surface area contributed by atoms with Crippen LogP contribution in [0.1, 0.15) is 16.7 Å². The predicted molar refractivity (Wildman–Crippen MR) is 121 cm³/mol. The highest BCUT2D eigenvalue weighted by Crippen LogP contribution is 2.24. The number of benzene rings is 2. The molecule has 3 rings (SSSR count). The first-order valence-electron chi connectivity index (χ1n) is 8.98. The smallest absolute Gasteiger partial charge is 0.193 e. The Morgan fingerprint density at radius 1 is 1.11 bits per heavy atom. The largest absolute Gasteiger partial charge is 0.497 e. The quantitative estimate of drug-likeness (QED) is 0.404. The number of nitrogens with zero attached hydrogens (tertiary/aromatic N) is 2. The standard InChI is InChI=1S/C21H27N3O2.HI/c1-22-21(24-13-11-16-6-4-5-7-18(16)15-24)23-12-10-17-14-19(25-2)8-9-20(17)26-3;/h4-9,14H,10-13,15H2,1-3H3,(H,22,23);1H. The summed E-state index contributed by atoms with van der Waals surface area (Å²) in [5, 5.41) is 3.49. The molecule has 0 spiro atoms. The molecule has 0 bridgehead atoms. The summed E-state index contributed by atoms with van der Waals surface area (Å²) in [6, 6.07) is 14.5. The van der Waals surface area contributed by atoms with Crippen LogP contribution in [0.3, 0.4) is 0 Å². The highest BCUT2D eigenvalue weighted by atomic mass is 127. The van der Waals surface area contributed by atoms with E-state index in [0.717, 1.165) is 55.5 Å². The van der Waals surface area contributed by atoms with Crippen molar-refractivity contribution in [3.05, 3.63) is 59.2 Å². The fourth-order valence-corrected chi connectivity index (χ4v) is 3.40. The van der Waals surface area contributed by atoms with Crippen LogP contribution in [-0.2, 0) is 19.4 Å². The normalized spacial score (nSPS) is 13.4. The molecule has 1 heterocycles. The lowest BCUT2D eigenvalue weighted by atomic mass is 10.0. The maximum atomic E-state index is 5.46. The molecule has 0 saturated heterocycles. The lowest BCUT2D eigenvalue weighted by molar-refractivity contribution is 0.378. The molecule has 2 aromatic carbocycles. The molecule has 2 aromatic rings. The molecule has 0 fully saturated rings. The molecule has 0 aliphatic carbocycles. The Morgan fingerprint density at radius 3 is 2.59 bits per heavy atom. The van der Waals surface area contributed by atoms with Crippen LogP contribution >= 0.6 is 24.0 Å². The van der Waals surface area contributed by atoms with Crippen LogP contribution < -0.4 is 14.8 Å². The summed E-state index contributed by atoms with van der Waals surface area (Å²) in [4.78, 5) is 6.78. The van der Waals surface area contributed by atoms with Gasteiger partial charge in [-0.25, -0.2) is 0 Å². The number of aliphatic imine (C=N–C) groups is 1. The van der Waals surface area contributed by atoms with Crippen LogP contribution in [0.5, 0.6) is 11.5 Å². The van der Waals surface area contributed by atoms with Crippen molar-refractivity contribution in [2.24, 2.45) is 4.99 Å². The molecular formula is C21H28IN3O2. The number of methoxy groups -OCH3 is 2. The van der Waals surface area contributed by atoms with Gasteiger partial charge in [0, 0.05) is 26.7 Å². The Morgan fingerprint density at radius 2 is 1.89 bits per heavy atom. The fraction of sp³-hybridized carbons (Fsp3) is 0.381. The number of halogens is 1. The highest BCUT2D eigenvalue weighted by Gasteiger charge is 2.18. The molecule has 0 amide bonds. The van der Waals surface area contributed by atoms with Crippen molar-refractivity contribution in [2.45, 2.75) is 19.4 Å². The van der Waals surface area contributed by atoms with E-state index in [1.54, 1.807) is 14.2 Å². The van der Waals surface area contributed by atoms with Gasteiger partial charge in [0.1, 0.15) is 11.5 Å². The van der Waals surface area contributed by atoms with E-state index in [1.165, 1.54) is 11.1 Å². The van der Waals surface area contributed by atoms with E-state index >= 15 is 0 Å². The zero-order valence-electron chi connectivity index (χ0n) is 16.2. The van der Waals surface area contributed by atoms with Crippen molar-refractivity contribution in [1.82, 2.24) is 10.2 Å². The second-order valence-corrected chi connectivity index (χ2v) is 6.34. The molecule has 5 nitrogen and oxygen atoms in total. The summed E-state index contributed by atoms with van der Waals surface area (Å²) in [7, 11) is 5.22. The molecule has 0 aromatic heterocycles. The topological polar surface area (TPSA) is 46.1 Å². The first-order chi connectivity index (χ1) is 12.7. The minimum atomic E-state index is 0. The third-order valence-corrected chi connectivity index (χ3v) is 4.81. The summed E-state index contributed by atoms with van der Waals surface area (Å²) in [6.07, 6.45) is 1.89. The lowest BCUT2D eigenvalue weighted by Crippen LogP contribution is -2.44. The summed E-state index contributed by atoms with van der Waals surface area (Å²) in [5.41, 5.74) is 3.95. The Kier molecular flexibility index (Phi) is 8.22. The van der Waals surface area contributed by atoms with Crippen molar-refractivity contribution in [3.8, 4) is 11.5 Å². The van der Waals surface area contributed by atoms with E-state index in [-0.39, 0.29) is 24.0 Å². The van der Waals surface area contributed by atoms with Crippen LogP contribution in [0.25, 0.3) is 0 Å². The molecule has 1 aliphatic heterocycles. The fourth-order valence-electron chi connectivity index (χ4n) is 3.40. The third kappa shape index (κ3) is 5.28. The van der Waals surface area contributed by atoms with E-state index in [2.05, 4.69) is 39.5 Å². The Bertz CT molecular complexity index is 780. The second kappa shape index (κ2) is 10.4. The minimum Gasteiger partial charge on any atom is -0.497 e. The molecule has 146 valence electrons. The van der Waals surface area contributed by atoms with Crippen LogP contribution in [0.4, 0.5) is 0 Å². The van der Waals surface area contributed by atoms with Gasteiger partial charge in [0.05, 0.1) is 14.2 Å². The van der Waals surface area contributed by atoms with Crippen molar-refractivity contribution >= 4 is 29.9 Å². The molecule has 6 heteroatoms. The van der Waals surface area contributed by atoms with Gasteiger partial charge in [0.15, 0.2) is 5.96 Å². The van der Waals surface area contributed by atoms with Gasteiger partial charge >= 0.3 is 0 Å². The molecule has 0 saturated carbocycles. The minimum absolute atomic E-state index is 0. The van der Waals surface area contributed by atoms with Crippen molar-refractivity contribution in [3.63, 3.8) is 0 Å². The number of fused-ring (bicyclic) bond motifs is 1. The van der Waals surface area contributed by atoms with Gasteiger partial charge in [0.2, 0.25) is 0 Å². The molecule has 0 unspecified atom stereocenters. The highest BCUT2D eigenvalue weighted by molar-refractivity contribution is 14.0. The monoisotopic (exact) mass is 481 g/mol. The van der Waals surface area contributed by atoms with Crippen molar-refractivity contribution in [1.29, 1.82) is 0 Å². The summed E-state index contributed by atoms with van der Waals surface area (Å²) < 4.78 is 10.8. The Labute approximate surface area is 178 Å². The van der Waals surface area contributed by atoms with Crippen molar-refractivity contribution < 1.29 is 9.47 Å². The second-order valence-electron chi connectivity index (χ2n) is 6.34. The maximum absolute atomic E-state index is 5.46. The first-order valence-corrected chi connectivity index (χ1v) is 8.98. The molecule has 27 heavy (non-hydrogen) atoms. The van der Waals surface area contributed by atoms with Crippen LogP contribution in [0, 0.1) is 0 Å². The molecule has 0 radical (unpaired) electrons. The average molecular weight is 481 g/mol. The van der Waals surface area contributed by atoms with Gasteiger partial charge in [-0.1, -0.05) is 24.3 Å². The number of hydrogen-bond donors (Lipinski definition) is 1. The van der Waals surface area contributed by atoms with E-state index in [4.69, 9.17) is 9.47 Å². The van der Waals surface area contributed by atoms with Crippen molar-refractivity contribution in [2.75, 3.05) is 34.4 Å². The average Bonchev–Trinajstić information content (AvgIpc) is 2.70. The van der Waals surface area contributed by atoms with E-state index in [9.17, 15) is 0 Å². The molecule has 1 N–H and O–H groups in total. The van der Waals surface area contributed by atoms with E-state index in [1.807, 2.05) is 25.2 Å². The Hall–Kier alpha value is -1.96. The molecule has 1 aliphatic rings. The number of guanidine groups is 1. The SMILES string of the molecule is CN=C(NCCc1cc(OC)ccc1OC)N1CCc2ccccc2C1.I. The van der Waals surface area contributed by atoms with Gasteiger partial charge in [-0.05, 0) is 47.7 Å². The zero-order chi connectivity index (χ0) is 18.4. The summed E-state index contributed by atoms with van der Waals surface area (Å²) >= 11 is 0. The maximum Gasteiger partial charge on any atom is 0.193 e. The van der Waals surface area contributed by atoms with Gasteiger partial charge in [-0.3, -0.25) is 4.99 Å². The van der Waals surface area contributed by atoms with Gasteiger partial charge in [-0.2, -0.15) is 0 Å². The molecule has 0 atom stereocenters. The zero-order valence-corrected chi connectivity index (χ0v) is 18.5. The van der Waals surface area contributed by atoms with Gasteiger partial charge < -0.3 is 19.7 Å². The number of ether oxygens (including phenoxy) is 2.